The van der Waals surface area contributed by atoms with Gasteiger partial charge in [-0.25, -0.2) is 9.67 Å². The number of aromatic nitrogens is 3. The zero-order valence-electron chi connectivity index (χ0n) is 17.7. The van der Waals surface area contributed by atoms with E-state index in [1.54, 1.807) is 47.5 Å². The first-order chi connectivity index (χ1) is 16.1. The Morgan fingerprint density at radius 1 is 0.939 bits per heavy atom. The van der Waals surface area contributed by atoms with Gasteiger partial charge in [-0.1, -0.05) is 60.1 Å². The summed E-state index contributed by atoms with van der Waals surface area (Å²) in [6, 6.07) is 21.2. The minimum Gasteiger partial charge on any atom is -0.352 e. The topological polar surface area (TPSA) is 88.9 Å². The molecule has 2 N–H and O–H groups in total. The van der Waals surface area contributed by atoms with Gasteiger partial charge in [-0.15, -0.1) is 0 Å². The number of rotatable bonds is 8. The van der Waals surface area contributed by atoms with Gasteiger partial charge in [0.1, 0.15) is 0 Å². The van der Waals surface area contributed by atoms with Crippen molar-refractivity contribution in [3.05, 3.63) is 113 Å². The van der Waals surface area contributed by atoms with Crippen molar-refractivity contribution in [1.82, 2.24) is 25.4 Å². The number of pyridine rings is 1. The molecule has 0 aliphatic rings. The van der Waals surface area contributed by atoms with Crippen LogP contribution in [0.25, 0.3) is 5.82 Å². The third kappa shape index (κ3) is 5.64. The van der Waals surface area contributed by atoms with Crippen LogP contribution < -0.4 is 10.6 Å². The van der Waals surface area contributed by atoms with Crippen LogP contribution in [0, 0.1) is 0 Å². The molecule has 0 fully saturated rings. The van der Waals surface area contributed by atoms with E-state index in [4.69, 9.17) is 11.6 Å². The molecule has 8 heteroatoms. The molecule has 0 aliphatic carbocycles. The summed E-state index contributed by atoms with van der Waals surface area (Å²) in [7, 11) is 0. The molecule has 4 rings (SSSR count). The summed E-state index contributed by atoms with van der Waals surface area (Å²) in [5, 5.41) is 10.4. The molecule has 7 nitrogen and oxygen atoms in total. The van der Waals surface area contributed by atoms with Gasteiger partial charge in [-0.05, 0) is 29.8 Å². The molecule has 0 saturated heterocycles. The van der Waals surface area contributed by atoms with Crippen LogP contribution in [0.4, 0.5) is 0 Å². The molecule has 1 unspecified atom stereocenters. The van der Waals surface area contributed by atoms with Crippen molar-refractivity contribution in [3.8, 4) is 5.82 Å². The smallest absolute Gasteiger partial charge is 0.253 e. The van der Waals surface area contributed by atoms with Crippen molar-refractivity contribution in [2.24, 2.45) is 0 Å². The summed E-state index contributed by atoms with van der Waals surface area (Å²) in [6.45, 7) is 0.280. The highest BCUT2D eigenvalue weighted by atomic mass is 35.5. The first kappa shape index (κ1) is 22.2. The van der Waals surface area contributed by atoms with E-state index in [2.05, 4.69) is 20.7 Å². The van der Waals surface area contributed by atoms with E-state index in [1.165, 1.54) is 0 Å². The van der Waals surface area contributed by atoms with Gasteiger partial charge >= 0.3 is 0 Å². The number of nitrogens with one attached hydrogen (secondary N) is 2. The van der Waals surface area contributed by atoms with Crippen LogP contribution in [0.15, 0.2) is 91.4 Å². The standard InChI is InChI=1S/C25H22ClN5O2/c26-21-12-5-4-11-20(21)25(33)30-22(18-8-2-1-3-9-18)16-23(32)28-17-19-10-6-13-27-24(19)31-15-7-14-29-31/h1-15,22H,16-17H2,(H,28,32)(H,30,33). The zero-order chi connectivity index (χ0) is 23.0. The van der Waals surface area contributed by atoms with Crippen molar-refractivity contribution in [1.29, 1.82) is 0 Å². The van der Waals surface area contributed by atoms with Crippen molar-refractivity contribution in [2.75, 3.05) is 0 Å². The van der Waals surface area contributed by atoms with Gasteiger partial charge in [0.15, 0.2) is 5.82 Å². The molecule has 2 amide bonds. The second-order valence-corrected chi connectivity index (χ2v) is 7.74. The van der Waals surface area contributed by atoms with Gasteiger partial charge in [-0.2, -0.15) is 5.10 Å². The molecule has 4 aromatic rings. The van der Waals surface area contributed by atoms with Gasteiger partial charge in [-0.3, -0.25) is 9.59 Å². The second-order valence-electron chi connectivity index (χ2n) is 7.33. The van der Waals surface area contributed by atoms with Crippen molar-refractivity contribution >= 4 is 23.4 Å². The molecule has 0 radical (unpaired) electrons. The summed E-state index contributed by atoms with van der Waals surface area (Å²) in [6.07, 6.45) is 5.21. The Labute approximate surface area is 196 Å². The van der Waals surface area contributed by atoms with Gasteiger partial charge in [0, 0.05) is 30.7 Å². The van der Waals surface area contributed by atoms with Gasteiger partial charge in [0.25, 0.3) is 5.91 Å². The van der Waals surface area contributed by atoms with E-state index < -0.39 is 6.04 Å². The fourth-order valence-corrected chi connectivity index (χ4v) is 3.66. The number of benzene rings is 2. The quantitative estimate of drug-likeness (QED) is 0.415. The lowest BCUT2D eigenvalue weighted by atomic mass is 10.0. The molecule has 2 aromatic heterocycles. The van der Waals surface area contributed by atoms with Crippen LogP contribution in [-0.2, 0) is 11.3 Å². The molecule has 1 atom stereocenters. The first-order valence-corrected chi connectivity index (χ1v) is 10.8. The van der Waals surface area contributed by atoms with Crippen LogP contribution in [-0.4, -0.2) is 26.6 Å². The predicted octanol–water partition coefficient (Wildman–Crippen LogP) is 4.10. The Bertz CT molecular complexity index is 1230. The van der Waals surface area contributed by atoms with Crippen molar-refractivity contribution in [2.45, 2.75) is 19.0 Å². The summed E-state index contributed by atoms with van der Waals surface area (Å²) in [5.41, 5.74) is 2.01. The third-order valence-electron chi connectivity index (χ3n) is 5.08. The average Bonchev–Trinajstić information content (AvgIpc) is 3.38. The monoisotopic (exact) mass is 459 g/mol. The van der Waals surface area contributed by atoms with E-state index in [9.17, 15) is 9.59 Å². The summed E-state index contributed by atoms with van der Waals surface area (Å²) in [5.74, 6) is 0.100. The Hall–Kier alpha value is -3.97. The highest BCUT2D eigenvalue weighted by molar-refractivity contribution is 6.33. The number of carbonyl (C=O) groups excluding carboxylic acids is 2. The predicted molar refractivity (Wildman–Crippen MR) is 126 cm³/mol. The van der Waals surface area contributed by atoms with E-state index in [0.29, 0.717) is 16.4 Å². The molecule has 0 saturated carbocycles. The molecule has 33 heavy (non-hydrogen) atoms. The highest BCUT2D eigenvalue weighted by Crippen LogP contribution is 2.20. The van der Waals surface area contributed by atoms with Gasteiger partial charge in [0.2, 0.25) is 5.91 Å². The molecular formula is C25H22ClN5O2. The SMILES string of the molecule is O=C(CC(NC(=O)c1ccccc1Cl)c1ccccc1)NCc1cccnc1-n1cccn1. The molecule has 0 spiro atoms. The summed E-state index contributed by atoms with van der Waals surface area (Å²) >= 11 is 6.18. The van der Waals surface area contributed by atoms with E-state index in [-0.39, 0.29) is 24.8 Å². The van der Waals surface area contributed by atoms with Crippen LogP contribution in [0.5, 0.6) is 0 Å². The van der Waals surface area contributed by atoms with Crippen LogP contribution in [0.1, 0.15) is 33.9 Å². The second kappa shape index (κ2) is 10.6. The number of hydrogen-bond donors (Lipinski definition) is 2. The summed E-state index contributed by atoms with van der Waals surface area (Å²) < 4.78 is 1.65. The average molecular weight is 460 g/mol. The molecule has 0 aliphatic heterocycles. The fourth-order valence-electron chi connectivity index (χ4n) is 3.44. The Morgan fingerprint density at radius 2 is 1.73 bits per heavy atom. The largest absolute Gasteiger partial charge is 0.352 e. The summed E-state index contributed by atoms with van der Waals surface area (Å²) in [4.78, 5) is 30.1. The first-order valence-electron chi connectivity index (χ1n) is 10.4. The minimum absolute atomic E-state index is 0.0670. The van der Waals surface area contributed by atoms with E-state index in [0.717, 1.165) is 11.1 Å². The number of carbonyl (C=O) groups is 2. The maximum atomic E-state index is 12.9. The molecular weight excluding hydrogens is 438 g/mol. The molecule has 2 aromatic carbocycles. The zero-order valence-corrected chi connectivity index (χ0v) is 18.4. The Morgan fingerprint density at radius 3 is 2.48 bits per heavy atom. The maximum absolute atomic E-state index is 12.9. The third-order valence-corrected chi connectivity index (χ3v) is 5.41. The number of halogens is 1. The highest BCUT2D eigenvalue weighted by Gasteiger charge is 2.20. The van der Waals surface area contributed by atoms with Crippen LogP contribution in [0.2, 0.25) is 5.02 Å². The minimum atomic E-state index is -0.519. The lowest BCUT2D eigenvalue weighted by Gasteiger charge is -2.20. The normalized spacial score (nSPS) is 11.5. The van der Waals surface area contributed by atoms with Gasteiger partial charge in [0.05, 0.1) is 23.0 Å². The Balaban J connectivity index is 1.46. The Kier molecular flexibility index (Phi) is 7.12. The number of hydrogen-bond acceptors (Lipinski definition) is 4. The van der Waals surface area contributed by atoms with E-state index >= 15 is 0 Å². The lowest BCUT2D eigenvalue weighted by molar-refractivity contribution is -0.121. The maximum Gasteiger partial charge on any atom is 0.253 e. The van der Waals surface area contributed by atoms with Gasteiger partial charge < -0.3 is 10.6 Å². The molecule has 166 valence electrons. The van der Waals surface area contributed by atoms with Crippen molar-refractivity contribution < 1.29 is 9.59 Å². The lowest BCUT2D eigenvalue weighted by Crippen LogP contribution is -2.34. The molecule has 2 heterocycles. The molecule has 0 bridgehead atoms. The number of nitrogens with zero attached hydrogens (tertiary/aromatic N) is 3. The van der Waals surface area contributed by atoms with Crippen molar-refractivity contribution in [3.63, 3.8) is 0 Å². The fraction of sp³-hybridized carbons (Fsp3) is 0.120. The van der Waals surface area contributed by atoms with E-state index in [1.807, 2.05) is 48.5 Å². The van der Waals surface area contributed by atoms with Crippen LogP contribution in [0.3, 0.4) is 0 Å². The number of amides is 2. The van der Waals surface area contributed by atoms with Crippen LogP contribution >= 0.6 is 11.6 Å².